The number of amides is 4. The number of aromatic nitrogens is 1. The second kappa shape index (κ2) is 10.6. The van der Waals surface area contributed by atoms with E-state index in [-0.39, 0.29) is 36.6 Å². The molecule has 4 heterocycles. The van der Waals surface area contributed by atoms with Crippen molar-refractivity contribution < 1.29 is 19.2 Å². The number of carbonyl (C=O) groups excluding carboxylic acids is 4. The van der Waals surface area contributed by atoms with Gasteiger partial charge in [-0.3, -0.25) is 19.2 Å². The minimum absolute atomic E-state index is 0.0457. The molecule has 0 aliphatic carbocycles. The maximum absolute atomic E-state index is 14.6. The third-order valence-electron chi connectivity index (χ3n) is 9.24. The van der Waals surface area contributed by atoms with Crippen LogP contribution in [0.5, 0.6) is 0 Å². The molecule has 0 saturated carbocycles. The maximum atomic E-state index is 14.6. The zero-order valence-corrected chi connectivity index (χ0v) is 24.5. The van der Waals surface area contributed by atoms with Crippen LogP contribution in [-0.4, -0.2) is 63.6 Å². The van der Waals surface area contributed by atoms with Crippen molar-refractivity contribution in [2.24, 2.45) is 11.7 Å². The summed E-state index contributed by atoms with van der Waals surface area (Å²) in [5.41, 5.74) is 9.88. The Morgan fingerprint density at radius 3 is 2.64 bits per heavy atom. The van der Waals surface area contributed by atoms with Crippen LogP contribution in [0.3, 0.4) is 0 Å². The van der Waals surface area contributed by atoms with Crippen molar-refractivity contribution in [3.8, 4) is 0 Å². The maximum Gasteiger partial charge on any atom is 0.270 e. The molecular formula is C33H39N5O4. The van der Waals surface area contributed by atoms with Gasteiger partial charge in [-0.1, -0.05) is 44.5 Å². The number of nitrogens with zero attached hydrogens (tertiary/aromatic N) is 2. The van der Waals surface area contributed by atoms with E-state index in [2.05, 4.69) is 16.4 Å². The number of anilines is 1. The predicted molar refractivity (Wildman–Crippen MR) is 161 cm³/mol. The highest BCUT2D eigenvalue weighted by Crippen LogP contribution is 2.47. The number of rotatable bonds is 4. The zero-order valence-electron chi connectivity index (χ0n) is 24.5. The number of H-pyrrole nitrogens is 1. The summed E-state index contributed by atoms with van der Waals surface area (Å²) in [6, 6.07) is 12.1. The largest absolute Gasteiger partial charge is 0.368 e. The lowest BCUT2D eigenvalue weighted by Gasteiger charge is -2.36. The van der Waals surface area contributed by atoms with Crippen LogP contribution in [0.25, 0.3) is 10.9 Å². The molecule has 9 heteroatoms. The minimum Gasteiger partial charge on any atom is -0.368 e. The molecule has 9 nitrogen and oxygen atoms in total. The number of nitrogens with one attached hydrogen (secondary N) is 2. The van der Waals surface area contributed by atoms with Crippen molar-refractivity contribution in [3.05, 3.63) is 64.8 Å². The molecule has 4 amide bonds. The van der Waals surface area contributed by atoms with E-state index in [0.717, 1.165) is 59.0 Å². The fraction of sp³-hybridized carbons (Fsp3) is 0.455. The first-order chi connectivity index (χ1) is 20.1. The van der Waals surface area contributed by atoms with Gasteiger partial charge in [-0.05, 0) is 79.8 Å². The number of hydrogen-bond donors (Lipinski definition) is 3. The first-order valence-electron chi connectivity index (χ1n) is 15.0. The number of benzene rings is 2. The van der Waals surface area contributed by atoms with Gasteiger partial charge in [-0.2, -0.15) is 0 Å². The van der Waals surface area contributed by atoms with Crippen molar-refractivity contribution >= 4 is 40.2 Å². The van der Waals surface area contributed by atoms with Crippen LogP contribution in [0.1, 0.15) is 73.1 Å². The molecule has 220 valence electrons. The van der Waals surface area contributed by atoms with E-state index in [9.17, 15) is 19.2 Å². The Kier molecular flexibility index (Phi) is 7.07. The Bertz CT molecular complexity index is 1590. The van der Waals surface area contributed by atoms with Crippen molar-refractivity contribution in [1.82, 2.24) is 14.8 Å². The number of carbonyl (C=O) groups is 4. The molecule has 3 aliphatic heterocycles. The van der Waals surface area contributed by atoms with Crippen LogP contribution < -0.4 is 11.1 Å². The van der Waals surface area contributed by atoms with Gasteiger partial charge >= 0.3 is 0 Å². The molecule has 1 spiro atoms. The lowest BCUT2D eigenvalue weighted by molar-refractivity contribution is -0.141. The summed E-state index contributed by atoms with van der Waals surface area (Å²) in [4.78, 5) is 61.6. The summed E-state index contributed by atoms with van der Waals surface area (Å²) in [5, 5.41) is 3.92. The second-order valence-electron chi connectivity index (χ2n) is 12.7. The predicted octanol–water partition coefficient (Wildman–Crippen LogP) is 4.04. The van der Waals surface area contributed by atoms with E-state index >= 15 is 0 Å². The smallest absolute Gasteiger partial charge is 0.270 e. The lowest BCUT2D eigenvalue weighted by Crippen LogP contribution is -2.55. The molecule has 0 unspecified atom stereocenters. The number of aryl methyl sites for hydroxylation is 2. The molecule has 1 aromatic heterocycles. The molecule has 0 radical (unpaired) electrons. The van der Waals surface area contributed by atoms with E-state index < -0.39 is 23.4 Å². The Morgan fingerprint density at radius 2 is 1.88 bits per heavy atom. The molecule has 3 aromatic rings. The summed E-state index contributed by atoms with van der Waals surface area (Å²) in [6.45, 7) is 6.49. The first-order valence-corrected chi connectivity index (χ1v) is 15.0. The van der Waals surface area contributed by atoms with Crippen molar-refractivity contribution in [2.75, 3.05) is 18.4 Å². The highest BCUT2D eigenvalue weighted by Gasteiger charge is 2.58. The molecule has 4 N–H and O–H groups in total. The van der Waals surface area contributed by atoms with Crippen LogP contribution >= 0.6 is 0 Å². The lowest BCUT2D eigenvalue weighted by atomic mass is 9.78. The first kappa shape index (κ1) is 28.0. The average molecular weight is 570 g/mol. The number of fused-ring (bicyclic) bond motifs is 3. The third-order valence-corrected chi connectivity index (χ3v) is 9.24. The van der Waals surface area contributed by atoms with Crippen LogP contribution in [0.2, 0.25) is 0 Å². The van der Waals surface area contributed by atoms with Gasteiger partial charge in [0.05, 0.1) is 5.41 Å². The topological polar surface area (TPSA) is 129 Å². The molecular weight excluding hydrogens is 530 g/mol. The highest BCUT2D eigenvalue weighted by molar-refractivity contribution is 6.08. The normalized spacial score (nSPS) is 24.3. The number of nitrogens with two attached hydrogens (primary N) is 1. The van der Waals surface area contributed by atoms with Gasteiger partial charge in [0, 0.05) is 29.7 Å². The summed E-state index contributed by atoms with van der Waals surface area (Å²) >= 11 is 0. The van der Waals surface area contributed by atoms with Crippen molar-refractivity contribution in [2.45, 2.75) is 76.8 Å². The monoisotopic (exact) mass is 569 g/mol. The Morgan fingerprint density at radius 1 is 1.07 bits per heavy atom. The molecule has 3 atom stereocenters. The van der Waals surface area contributed by atoms with E-state index in [0.29, 0.717) is 18.7 Å². The van der Waals surface area contributed by atoms with Gasteiger partial charge < -0.3 is 25.8 Å². The van der Waals surface area contributed by atoms with Crippen molar-refractivity contribution in [1.29, 1.82) is 0 Å². The summed E-state index contributed by atoms with van der Waals surface area (Å²) < 4.78 is 0. The molecule has 4 bridgehead atoms. The summed E-state index contributed by atoms with van der Waals surface area (Å²) in [5.74, 6) is -1.34. The van der Waals surface area contributed by atoms with Crippen LogP contribution in [0.4, 0.5) is 5.69 Å². The van der Waals surface area contributed by atoms with Crippen molar-refractivity contribution in [3.63, 3.8) is 0 Å². The Balaban J connectivity index is 1.44. The van der Waals surface area contributed by atoms with E-state index in [4.69, 9.17) is 5.73 Å². The fourth-order valence-electron chi connectivity index (χ4n) is 7.06. The molecule has 42 heavy (non-hydrogen) atoms. The third kappa shape index (κ3) is 4.74. The standard InChI is InChI=1S/C33H39N5O4/c1-19(2)13-27-31(41)38-18-33(17-28(38)29(34)39)23-15-21(9-11-24(23)36-32(33)42)7-5-4-6-12-37(27)30(40)26-16-22-10-8-20(3)14-25(22)35-26/h8-11,14-16,19,27-28,35H,4-7,12-13,17-18H2,1-3H3,(H2,34,39)(H,36,42)/t27-,28-,33-/m0/s1. The van der Waals surface area contributed by atoms with E-state index in [1.165, 1.54) is 4.90 Å². The number of aromatic amines is 1. The van der Waals surface area contributed by atoms with Gasteiger partial charge in [-0.25, -0.2) is 0 Å². The zero-order chi connectivity index (χ0) is 29.8. The average Bonchev–Trinajstić information content (AvgIpc) is 3.63. The number of hydrogen-bond acceptors (Lipinski definition) is 4. The van der Waals surface area contributed by atoms with Gasteiger partial charge in [0.25, 0.3) is 5.91 Å². The van der Waals surface area contributed by atoms with Crippen LogP contribution in [-0.2, 0) is 26.2 Å². The van der Waals surface area contributed by atoms with Gasteiger partial charge in [0.2, 0.25) is 17.7 Å². The van der Waals surface area contributed by atoms with Gasteiger partial charge in [0.15, 0.2) is 0 Å². The molecule has 1 fully saturated rings. The van der Waals surface area contributed by atoms with Crippen LogP contribution in [0, 0.1) is 12.8 Å². The van der Waals surface area contributed by atoms with E-state index in [1.807, 2.05) is 57.2 Å². The Hall–Kier alpha value is -4.14. The minimum atomic E-state index is -1.06. The SMILES string of the molecule is Cc1ccc2cc(C(=O)N3CCCCCc4ccc5c(c4)[C@@]4(C[C@@H](C(N)=O)N(C4)C(=O)[C@@H]3CC(C)C)C(=O)N5)[nH]c2c1. The Labute approximate surface area is 245 Å². The fourth-order valence-corrected chi connectivity index (χ4v) is 7.06. The van der Waals surface area contributed by atoms with E-state index in [1.54, 1.807) is 4.90 Å². The van der Waals surface area contributed by atoms with Gasteiger partial charge in [-0.15, -0.1) is 0 Å². The molecule has 3 aliphatic rings. The summed E-state index contributed by atoms with van der Waals surface area (Å²) in [6.07, 6.45) is 3.92. The molecule has 1 saturated heterocycles. The van der Waals surface area contributed by atoms with Crippen LogP contribution in [0.15, 0.2) is 42.5 Å². The molecule has 6 rings (SSSR count). The number of primary amides is 1. The quantitative estimate of drug-likeness (QED) is 0.438. The highest BCUT2D eigenvalue weighted by atomic mass is 16.2. The molecule has 2 aromatic carbocycles. The second-order valence-corrected chi connectivity index (χ2v) is 12.7. The summed E-state index contributed by atoms with van der Waals surface area (Å²) in [7, 11) is 0. The van der Waals surface area contributed by atoms with Gasteiger partial charge in [0.1, 0.15) is 17.8 Å².